The molecule has 0 spiro atoms. The molecule has 2 amide bonds. The van der Waals surface area contributed by atoms with Crippen LogP contribution in [0.15, 0.2) is 48.5 Å². The third kappa shape index (κ3) is 7.86. The topological polar surface area (TPSA) is 58.6 Å². The van der Waals surface area contributed by atoms with Gasteiger partial charge >= 0.3 is 0 Å². The molecular weight excluding hydrogens is 427 g/mol. The van der Waals surface area contributed by atoms with Gasteiger partial charge in [-0.05, 0) is 42.2 Å². The van der Waals surface area contributed by atoms with E-state index in [9.17, 15) is 14.0 Å². The number of amides is 2. The fraction of sp³-hybridized carbons (Fsp3) is 0.440. The Hall–Kier alpha value is -2.54. The number of nitrogens with one attached hydrogen (secondary N) is 1. The molecule has 0 heterocycles. The number of unbranched alkanes of at least 4 members (excludes halogenated alkanes) is 1. The molecule has 1 atom stereocenters. The minimum atomic E-state index is -0.560. The minimum absolute atomic E-state index is 0.137. The van der Waals surface area contributed by atoms with Gasteiger partial charge in [0.15, 0.2) is 0 Å². The van der Waals surface area contributed by atoms with Gasteiger partial charge in [0.1, 0.15) is 17.6 Å². The molecule has 0 radical (unpaired) electrons. The predicted molar refractivity (Wildman–Crippen MR) is 128 cm³/mol. The molecule has 32 heavy (non-hydrogen) atoms. The summed E-state index contributed by atoms with van der Waals surface area (Å²) in [6, 6.07) is 13.5. The molecule has 0 aliphatic carbocycles. The first-order valence-corrected chi connectivity index (χ1v) is 12.2. The van der Waals surface area contributed by atoms with Crippen molar-refractivity contribution in [3.63, 3.8) is 0 Å². The summed E-state index contributed by atoms with van der Waals surface area (Å²) in [7, 11) is 1.60. The second-order valence-corrected chi connectivity index (χ2v) is 8.51. The molecule has 0 aliphatic rings. The summed E-state index contributed by atoms with van der Waals surface area (Å²) in [6.45, 7) is 4.89. The van der Waals surface area contributed by atoms with Crippen LogP contribution < -0.4 is 10.1 Å². The van der Waals surface area contributed by atoms with Crippen molar-refractivity contribution in [3.8, 4) is 5.75 Å². The van der Waals surface area contributed by atoms with E-state index < -0.39 is 6.04 Å². The van der Waals surface area contributed by atoms with Gasteiger partial charge in [0.05, 0.1) is 12.9 Å². The van der Waals surface area contributed by atoms with Crippen LogP contribution in [0.2, 0.25) is 0 Å². The maximum Gasteiger partial charge on any atom is 0.242 e. The summed E-state index contributed by atoms with van der Waals surface area (Å²) >= 11 is 1.35. The van der Waals surface area contributed by atoms with Gasteiger partial charge in [0, 0.05) is 18.8 Å². The fourth-order valence-corrected chi connectivity index (χ4v) is 4.20. The molecule has 2 rings (SSSR count). The number of methoxy groups -OCH3 is 1. The molecule has 5 nitrogen and oxygen atoms in total. The molecule has 0 bridgehead atoms. The molecular formula is C25H33FN2O3S. The van der Waals surface area contributed by atoms with Gasteiger partial charge in [-0.3, -0.25) is 9.59 Å². The number of nitrogens with zero attached hydrogens (tertiary/aromatic N) is 1. The van der Waals surface area contributed by atoms with Crippen LogP contribution in [-0.2, 0) is 21.9 Å². The van der Waals surface area contributed by atoms with Crippen LogP contribution in [0.1, 0.15) is 44.2 Å². The molecule has 1 N–H and O–H groups in total. The van der Waals surface area contributed by atoms with Crippen LogP contribution in [-0.4, -0.2) is 42.2 Å². The second-order valence-electron chi connectivity index (χ2n) is 7.52. The molecule has 2 aromatic carbocycles. The predicted octanol–water partition coefficient (Wildman–Crippen LogP) is 4.79. The zero-order valence-electron chi connectivity index (χ0n) is 19.1. The average Bonchev–Trinajstić information content (AvgIpc) is 2.80. The summed E-state index contributed by atoms with van der Waals surface area (Å²) in [4.78, 5) is 27.7. The van der Waals surface area contributed by atoms with E-state index in [4.69, 9.17) is 4.74 Å². The van der Waals surface area contributed by atoms with Crippen molar-refractivity contribution in [2.75, 3.05) is 19.4 Å². The third-order valence-corrected chi connectivity index (χ3v) is 6.13. The van der Waals surface area contributed by atoms with Gasteiger partial charge in [-0.15, -0.1) is 11.8 Å². The van der Waals surface area contributed by atoms with Crippen LogP contribution >= 0.6 is 11.8 Å². The standard InChI is InChI=1S/C25H33FN2O3S/c1-4-6-15-27-25(30)23(5-2)28(16-19-11-13-21(31-3)14-12-19)24(29)18-32-17-20-9-7-8-10-22(20)26/h7-14,23H,4-6,15-18H2,1-3H3,(H,27,30)/t23-/m1/s1. The van der Waals surface area contributed by atoms with Crippen LogP contribution in [0.4, 0.5) is 4.39 Å². The van der Waals surface area contributed by atoms with Crippen LogP contribution in [0, 0.1) is 5.82 Å². The summed E-state index contributed by atoms with van der Waals surface area (Å²) in [6.07, 6.45) is 2.39. The van der Waals surface area contributed by atoms with Crippen LogP contribution in [0.5, 0.6) is 5.75 Å². The highest BCUT2D eigenvalue weighted by Crippen LogP contribution is 2.20. The number of thioether (sulfide) groups is 1. The highest BCUT2D eigenvalue weighted by molar-refractivity contribution is 7.99. The van der Waals surface area contributed by atoms with E-state index in [0.29, 0.717) is 30.8 Å². The Morgan fingerprint density at radius 3 is 2.47 bits per heavy atom. The number of carbonyl (C=O) groups is 2. The maximum absolute atomic E-state index is 13.9. The monoisotopic (exact) mass is 460 g/mol. The molecule has 0 unspecified atom stereocenters. The highest BCUT2D eigenvalue weighted by atomic mass is 32.2. The Kier molecular flexibility index (Phi) is 11.1. The second kappa shape index (κ2) is 13.8. The Morgan fingerprint density at radius 2 is 1.84 bits per heavy atom. The van der Waals surface area contributed by atoms with Gasteiger partial charge in [0.25, 0.3) is 0 Å². The zero-order chi connectivity index (χ0) is 23.3. The number of carbonyl (C=O) groups excluding carboxylic acids is 2. The number of hydrogen-bond acceptors (Lipinski definition) is 4. The van der Waals surface area contributed by atoms with Crippen molar-refractivity contribution in [3.05, 3.63) is 65.5 Å². The molecule has 7 heteroatoms. The lowest BCUT2D eigenvalue weighted by atomic mass is 10.1. The van der Waals surface area contributed by atoms with Crippen molar-refractivity contribution in [1.82, 2.24) is 10.2 Å². The average molecular weight is 461 g/mol. The van der Waals surface area contributed by atoms with E-state index >= 15 is 0 Å². The number of rotatable bonds is 13. The molecule has 2 aromatic rings. The number of hydrogen-bond donors (Lipinski definition) is 1. The van der Waals surface area contributed by atoms with E-state index in [2.05, 4.69) is 12.2 Å². The lowest BCUT2D eigenvalue weighted by molar-refractivity contribution is -0.139. The van der Waals surface area contributed by atoms with Gasteiger partial charge in [0.2, 0.25) is 11.8 Å². The highest BCUT2D eigenvalue weighted by Gasteiger charge is 2.28. The molecule has 0 aromatic heterocycles. The largest absolute Gasteiger partial charge is 0.497 e. The van der Waals surface area contributed by atoms with Gasteiger partial charge in [-0.1, -0.05) is 50.6 Å². The summed E-state index contributed by atoms with van der Waals surface area (Å²) < 4.78 is 19.1. The van der Waals surface area contributed by atoms with E-state index in [-0.39, 0.29) is 23.4 Å². The van der Waals surface area contributed by atoms with E-state index in [1.807, 2.05) is 31.2 Å². The normalized spacial score (nSPS) is 11.6. The first kappa shape index (κ1) is 25.7. The molecule has 0 fully saturated rings. The quantitative estimate of drug-likeness (QED) is 0.437. The smallest absolute Gasteiger partial charge is 0.242 e. The number of halogens is 1. The van der Waals surface area contributed by atoms with Crippen molar-refractivity contribution < 1.29 is 18.7 Å². The van der Waals surface area contributed by atoms with Crippen LogP contribution in [0.25, 0.3) is 0 Å². The van der Waals surface area contributed by atoms with Crippen molar-refractivity contribution >= 4 is 23.6 Å². The first-order chi connectivity index (χ1) is 15.5. The van der Waals surface area contributed by atoms with E-state index in [0.717, 1.165) is 24.2 Å². The summed E-state index contributed by atoms with van der Waals surface area (Å²) in [5, 5.41) is 2.95. The van der Waals surface area contributed by atoms with Gasteiger partial charge in [-0.25, -0.2) is 4.39 Å². The van der Waals surface area contributed by atoms with Crippen molar-refractivity contribution in [2.24, 2.45) is 0 Å². The Bertz CT molecular complexity index is 861. The Labute approximate surface area is 194 Å². The molecule has 174 valence electrons. The van der Waals surface area contributed by atoms with Crippen molar-refractivity contribution in [2.45, 2.75) is 51.4 Å². The van der Waals surface area contributed by atoms with E-state index in [1.165, 1.54) is 17.8 Å². The van der Waals surface area contributed by atoms with Gasteiger partial charge < -0.3 is 15.0 Å². The summed E-state index contributed by atoms with van der Waals surface area (Å²) in [5.41, 5.74) is 1.48. The maximum atomic E-state index is 13.9. The van der Waals surface area contributed by atoms with Crippen molar-refractivity contribution in [1.29, 1.82) is 0 Å². The number of ether oxygens (including phenoxy) is 1. The van der Waals surface area contributed by atoms with Gasteiger partial charge in [-0.2, -0.15) is 0 Å². The molecule has 0 saturated carbocycles. The lowest BCUT2D eigenvalue weighted by Gasteiger charge is -2.30. The number of benzene rings is 2. The summed E-state index contributed by atoms with van der Waals surface area (Å²) in [5.74, 6) is 0.750. The fourth-order valence-electron chi connectivity index (χ4n) is 3.30. The van der Waals surface area contributed by atoms with E-state index in [1.54, 1.807) is 30.2 Å². The SMILES string of the molecule is CCCCNC(=O)[C@@H](CC)N(Cc1ccc(OC)cc1)C(=O)CSCc1ccccc1F. The molecule has 0 aliphatic heterocycles. The van der Waals surface area contributed by atoms with Crippen LogP contribution in [0.3, 0.4) is 0 Å². The first-order valence-electron chi connectivity index (χ1n) is 11.0. The Balaban J connectivity index is 2.12. The zero-order valence-corrected chi connectivity index (χ0v) is 19.9. The lowest BCUT2D eigenvalue weighted by Crippen LogP contribution is -2.49. The molecule has 0 saturated heterocycles. The third-order valence-electron chi connectivity index (χ3n) is 5.17. The minimum Gasteiger partial charge on any atom is -0.497 e. The Morgan fingerprint density at radius 1 is 1.12 bits per heavy atom.